The molecule has 3 heteroatoms. The highest BCUT2D eigenvalue weighted by Crippen LogP contribution is 2.63. The quantitative estimate of drug-likeness (QED) is 0.601. The summed E-state index contributed by atoms with van der Waals surface area (Å²) in [4.78, 5) is 17.1. The third-order valence-electron chi connectivity index (χ3n) is 5.76. The molecular weight excluding hydrogens is 250 g/mol. The first-order valence-corrected chi connectivity index (χ1v) is 7.29. The number of fused-ring (bicyclic) bond motifs is 2. The predicted octanol–water partition coefficient (Wildman–Crippen LogP) is 4.05. The molecule has 0 spiro atoms. The highest BCUT2D eigenvalue weighted by Gasteiger charge is 2.60. The standard InChI is InChI=1S/C17H21NO2/c1-16(2)13-9-10-17(16,3)14(11-13)18-20-15(19)12-7-5-4-6-8-12/h4-8,13H,9-11H2,1-3H3/b18-14+. The number of benzene rings is 1. The van der Waals surface area contributed by atoms with E-state index in [-0.39, 0.29) is 16.8 Å². The highest BCUT2D eigenvalue weighted by molar-refractivity contribution is 5.95. The third-order valence-corrected chi connectivity index (χ3v) is 5.76. The lowest BCUT2D eigenvalue weighted by Gasteiger charge is -2.34. The predicted molar refractivity (Wildman–Crippen MR) is 78.5 cm³/mol. The average molecular weight is 271 g/mol. The maximum Gasteiger partial charge on any atom is 0.365 e. The lowest BCUT2D eigenvalue weighted by molar-refractivity contribution is 0.0508. The lowest BCUT2D eigenvalue weighted by Crippen LogP contribution is -2.32. The summed E-state index contributed by atoms with van der Waals surface area (Å²) < 4.78 is 0. The molecule has 3 nitrogen and oxygen atoms in total. The fraction of sp³-hybridized carbons (Fsp3) is 0.529. The molecule has 0 N–H and O–H groups in total. The molecule has 20 heavy (non-hydrogen) atoms. The fourth-order valence-corrected chi connectivity index (χ4v) is 3.79. The van der Waals surface area contributed by atoms with Crippen molar-refractivity contribution < 1.29 is 9.63 Å². The van der Waals surface area contributed by atoms with Gasteiger partial charge in [0, 0.05) is 5.41 Å². The minimum atomic E-state index is -0.373. The summed E-state index contributed by atoms with van der Waals surface area (Å²) in [6.07, 6.45) is 3.37. The van der Waals surface area contributed by atoms with Gasteiger partial charge in [0.15, 0.2) is 0 Å². The Bertz CT molecular complexity index is 562. The van der Waals surface area contributed by atoms with Crippen LogP contribution in [0.25, 0.3) is 0 Å². The normalized spacial score (nSPS) is 32.5. The van der Waals surface area contributed by atoms with Crippen LogP contribution in [0.2, 0.25) is 0 Å². The molecule has 0 aliphatic heterocycles. The SMILES string of the molecule is CC12CCC(C/C1=N\OC(=O)c1ccccc1)C2(C)C. The van der Waals surface area contributed by atoms with Crippen LogP contribution in [0.5, 0.6) is 0 Å². The van der Waals surface area contributed by atoms with E-state index in [1.165, 1.54) is 6.42 Å². The number of rotatable bonds is 2. The summed E-state index contributed by atoms with van der Waals surface area (Å²) in [7, 11) is 0. The van der Waals surface area contributed by atoms with Crippen LogP contribution in [0.4, 0.5) is 0 Å². The molecule has 0 saturated heterocycles. The van der Waals surface area contributed by atoms with Gasteiger partial charge in [-0.3, -0.25) is 0 Å². The van der Waals surface area contributed by atoms with Crippen LogP contribution >= 0.6 is 0 Å². The molecule has 2 bridgehead atoms. The molecule has 2 aliphatic rings. The van der Waals surface area contributed by atoms with Gasteiger partial charge in [0.1, 0.15) is 0 Å². The molecule has 2 atom stereocenters. The second-order valence-corrected chi connectivity index (χ2v) is 6.78. The number of nitrogens with zero attached hydrogens (tertiary/aromatic N) is 1. The maximum absolute atomic E-state index is 11.9. The molecule has 1 aromatic rings. The zero-order valence-corrected chi connectivity index (χ0v) is 12.3. The molecule has 3 rings (SSSR count). The van der Waals surface area contributed by atoms with Crippen LogP contribution in [0, 0.1) is 16.7 Å². The first-order valence-electron chi connectivity index (χ1n) is 7.29. The Hall–Kier alpha value is -1.64. The zero-order chi connectivity index (χ0) is 14.4. The Morgan fingerprint density at radius 1 is 1.25 bits per heavy atom. The number of carbonyl (C=O) groups excluding carboxylic acids is 1. The Morgan fingerprint density at radius 3 is 2.50 bits per heavy atom. The molecule has 2 fully saturated rings. The van der Waals surface area contributed by atoms with E-state index in [1.54, 1.807) is 12.1 Å². The van der Waals surface area contributed by atoms with E-state index in [9.17, 15) is 4.79 Å². The maximum atomic E-state index is 11.9. The van der Waals surface area contributed by atoms with Crippen LogP contribution in [0.1, 0.15) is 50.4 Å². The molecular formula is C17H21NO2. The third kappa shape index (κ3) is 1.80. The van der Waals surface area contributed by atoms with Gasteiger partial charge in [-0.25, -0.2) is 4.79 Å². The molecule has 1 aromatic carbocycles. The van der Waals surface area contributed by atoms with Crippen molar-refractivity contribution in [1.82, 2.24) is 0 Å². The first kappa shape index (κ1) is 13.3. The second kappa shape index (κ2) is 4.44. The zero-order valence-electron chi connectivity index (χ0n) is 12.3. The van der Waals surface area contributed by atoms with Crippen LogP contribution in [-0.2, 0) is 4.84 Å². The highest BCUT2D eigenvalue weighted by atomic mass is 16.7. The smallest absolute Gasteiger partial charge is 0.313 e. The van der Waals surface area contributed by atoms with Gasteiger partial charge in [-0.05, 0) is 42.7 Å². The summed E-state index contributed by atoms with van der Waals surface area (Å²) in [6.45, 7) is 6.88. The minimum Gasteiger partial charge on any atom is -0.313 e. The van der Waals surface area contributed by atoms with E-state index in [1.807, 2.05) is 18.2 Å². The van der Waals surface area contributed by atoms with E-state index in [2.05, 4.69) is 25.9 Å². The Kier molecular flexibility index (Phi) is 2.96. The molecule has 2 unspecified atom stereocenters. The summed E-state index contributed by atoms with van der Waals surface area (Å²) in [5, 5.41) is 4.22. The second-order valence-electron chi connectivity index (χ2n) is 6.78. The molecule has 0 aromatic heterocycles. The van der Waals surface area contributed by atoms with Crippen molar-refractivity contribution in [3.8, 4) is 0 Å². The van der Waals surface area contributed by atoms with Gasteiger partial charge in [-0.15, -0.1) is 0 Å². The van der Waals surface area contributed by atoms with E-state index >= 15 is 0 Å². The van der Waals surface area contributed by atoms with Crippen molar-refractivity contribution in [1.29, 1.82) is 0 Å². The number of oxime groups is 1. The van der Waals surface area contributed by atoms with E-state index in [0.29, 0.717) is 11.5 Å². The van der Waals surface area contributed by atoms with Crippen molar-refractivity contribution in [2.45, 2.75) is 40.0 Å². The van der Waals surface area contributed by atoms with Gasteiger partial charge in [0.05, 0.1) is 11.3 Å². The molecule has 0 radical (unpaired) electrons. The van der Waals surface area contributed by atoms with Crippen LogP contribution < -0.4 is 0 Å². The molecule has 2 aliphatic carbocycles. The molecule has 2 saturated carbocycles. The van der Waals surface area contributed by atoms with Crippen molar-refractivity contribution in [3.05, 3.63) is 35.9 Å². The summed E-state index contributed by atoms with van der Waals surface area (Å²) in [5.74, 6) is 0.295. The van der Waals surface area contributed by atoms with E-state index in [4.69, 9.17) is 4.84 Å². The Labute approximate surface area is 120 Å². The average Bonchev–Trinajstić information content (AvgIpc) is 2.78. The van der Waals surface area contributed by atoms with Crippen molar-refractivity contribution in [3.63, 3.8) is 0 Å². The molecule has 0 heterocycles. The van der Waals surface area contributed by atoms with Crippen molar-refractivity contribution in [2.75, 3.05) is 0 Å². The van der Waals surface area contributed by atoms with Gasteiger partial charge < -0.3 is 4.84 Å². The largest absolute Gasteiger partial charge is 0.365 e. The minimum absolute atomic E-state index is 0.0780. The van der Waals surface area contributed by atoms with Gasteiger partial charge in [0.25, 0.3) is 0 Å². The van der Waals surface area contributed by atoms with Crippen molar-refractivity contribution in [2.24, 2.45) is 21.9 Å². The first-order chi connectivity index (χ1) is 9.45. The van der Waals surface area contributed by atoms with Crippen LogP contribution in [0.15, 0.2) is 35.5 Å². The Morgan fingerprint density at radius 2 is 1.95 bits per heavy atom. The number of carbonyl (C=O) groups is 1. The topological polar surface area (TPSA) is 38.7 Å². The van der Waals surface area contributed by atoms with E-state index in [0.717, 1.165) is 18.6 Å². The van der Waals surface area contributed by atoms with Crippen LogP contribution in [0.3, 0.4) is 0 Å². The van der Waals surface area contributed by atoms with E-state index < -0.39 is 0 Å². The van der Waals surface area contributed by atoms with Gasteiger partial charge in [0.2, 0.25) is 0 Å². The van der Waals surface area contributed by atoms with Gasteiger partial charge in [-0.2, -0.15) is 0 Å². The monoisotopic (exact) mass is 271 g/mol. The van der Waals surface area contributed by atoms with Crippen LogP contribution in [-0.4, -0.2) is 11.7 Å². The summed E-state index contributed by atoms with van der Waals surface area (Å²) >= 11 is 0. The lowest BCUT2D eigenvalue weighted by atomic mass is 9.70. The number of hydrogen-bond acceptors (Lipinski definition) is 3. The van der Waals surface area contributed by atoms with Crippen molar-refractivity contribution >= 4 is 11.7 Å². The van der Waals surface area contributed by atoms with Gasteiger partial charge in [-0.1, -0.05) is 44.1 Å². The number of hydrogen-bond donors (Lipinski definition) is 0. The van der Waals surface area contributed by atoms with Gasteiger partial charge >= 0.3 is 5.97 Å². The molecule has 106 valence electrons. The summed E-state index contributed by atoms with van der Waals surface area (Å²) in [5.41, 5.74) is 1.94. The fourth-order valence-electron chi connectivity index (χ4n) is 3.79. The summed E-state index contributed by atoms with van der Waals surface area (Å²) in [6, 6.07) is 9.02. The Balaban J connectivity index is 1.77. The molecule has 0 amide bonds.